The Balaban J connectivity index is 1.20. The van der Waals surface area contributed by atoms with Crippen molar-refractivity contribution >= 4 is 44.0 Å². The fraction of sp³-hybridized carbons (Fsp3) is 0.280. The molecule has 1 saturated carbocycles. The number of nitrogens with zero attached hydrogens (tertiary/aromatic N) is 1. The zero-order valence-electron chi connectivity index (χ0n) is 18.1. The van der Waals surface area contributed by atoms with E-state index in [0.717, 1.165) is 34.9 Å². The van der Waals surface area contributed by atoms with E-state index in [2.05, 4.69) is 10.0 Å². The molecule has 0 aromatic heterocycles. The first-order valence-electron chi connectivity index (χ1n) is 11.1. The van der Waals surface area contributed by atoms with Crippen LogP contribution in [-0.4, -0.2) is 33.3 Å². The first-order chi connectivity index (χ1) is 15.9. The fourth-order valence-corrected chi connectivity index (χ4v) is 5.34. The maximum absolute atomic E-state index is 12.8. The lowest BCUT2D eigenvalue weighted by Crippen LogP contribution is -2.30. The van der Waals surface area contributed by atoms with Gasteiger partial charge in [0, 0.05) is 42.2 Å². The molecule has 1 aliphatic heterocycles. The molecule has 33 heavy (non-hydrogen) atoms. The number of sulfonamides is 1. The van der Waals surface area contributed by atoms with Gasteiger partial charge in [0.2, 0.25) is 21.8 Å². The van der Waals surface area contributed by atoms with Crippen molar-refractivity contribution in [3.05, 3.63) is 66.2 Å². The van der Waals surface area contributed by atoms with Gasteiger partial charge in [0.25, 0.3) is 0 Å². The van der Waals surface area contributed by atoms with Crippen LogP contribution in [0.3, 0.4) is 0 Å². The topological polar surface area (TPSA) is 95.6 Å². The van der Waals surface area contributed by atoms with Gasteiger partial charge in [0.05, 0.1) is 4.90 Å². The highest BCUT2D eigenvalue weighted by Crippen LogP contribution is 2.37. The fourth-order valence-electron chi connectivity index (χ4n) is 4.25. The Morgan fingerprint density at radius 1 is 1.00 bits per heavy atom. The number of hydrogen-bond acceptors (Lipinski definition) is 4. The monoisotopic (exact) mass is 463 g/mol. The summed E-state index contributed by atoms with van der Waals surface area (Å²) in [7, 11) is -3.76. The smallest absolute Gasteiger partial charge is 0.240 e. The third-order valence-corrected chi connectivity index (χ3v) is 7.62. The Kier molecular flexibility index (Phi) is 5.64. The van der Waals surface area contributed by atoms with Gasteiger partial charge in [-0.25, -0.2) is 13.1 Å². The first-order valence-corrected chi connectivity index (χ1v) is 12.6. The molecule has 0 bridgehead atoms. The first kappa shape index (κ1) is 21.6. The second-order valence-electron chi connectivity index (χ2n) is 8.53. The highest BCUT2D eigenvalue weighted by atomic mass is 32.2. The van der Waals surface area contributed by atoms with Crippen LogP contribution in [0.25, 0.3) is 10.8 Å². The number of amides is 2. The molecule has 2 aliphatic rings. The standard InChI is InChI=1S/C25H25N3O4S/c29-24(27-22-7-3-5-17-4-1-2-6-21(17)22)12-14-26-33(31,32)20-10-11-23-19(16-20)13-15-28(23)25(30)18-8-9-18/h1-7,10-11,16,18,26H,8-9,12-15H2,(H,27,29). The third-order valence-electron chi connectivity index (χ3n) is 6.16. The van der Waals surface area contributed by atoms with Crippen LogP contribution >= 0.6 is 0 Å². The molecule has 1 aliphatic carbocycles. The van der Waals surface area contributed by atoms with Gasteiger partial charge in [-0.1, -0.05) is 36.4 Å². The van der Waals surface area contributed by atoms with Crippen LogP contribution in [0, 0.1) is 5.92 Å². The number of benzene rings is 3. The van der Waals surface area contributed by atoms with Crippen LogP contribution in [0.15, 0.2) is 65.6 Å². The lowest BCUT2D eigenvalue weighted by Gasteiger charge is -2.17. The van der Waals surface area contributed by atoms with Crippen molar-refractivity contribution in [1.29, 1.82) is 0 Å². The molecular formula is C25H25N3O4S. The molecule has 1 heterocycles. The van der Waals surface area contributed by atoms with Crippen LogP contribution in [0.5, 0.6) is 0 Å². The molecular weight excluding hydrogens is 438 g/mol. The molecule has 0 radical (unpaired) electrons. The molecule has 2 N–H and O–H groups in total. The van der Waals surface area contributed by atoms with E-state index in [1.54, 1.807) is 17.0 Å². The Labute approximate surface area is 192 Å². The second kappa shape index (κ2) is 8.61. The van der Waals surface area contributed by atoms with E-state index in [-0.39, 0.29) is 35.6 Å². The predicted molar refractivity (Wildman–Crippen MR) is 128 cm³/mol. The van der Waals surface area contributed by atoms with Crippen LogP contribution in [0.2, 0.25) is 0 Å². The Bertz CT molecular complexity index is 1340. The summed E-state index contributed by atoms with van der Waals surface area (Å²) in [6, 6.07) is 18.3. The molecule has 8 heteroatoms. The zero-order chi connectivity index (χ0) is 23.0. The molecule has 1 fully saturated rings. The van der Waals surface area contributed by atoms with E-state index in [1.807, 2.05) is 42.5 Å². The SMILES string of the molecule is O=C(CCNS(=O)(=O)c1ccc2c(c1)CCN2C(=O)C1CC1)Nc1cccc2ccccc12. The van der Waals surface area contributed by atoms with Gasteiger partial charge in [0.15, 0.2) is 0 Å². The second-order valence-corrected chi connectivity index (χ2v) is 10.3. The van der Waals surface area contributed by atoms with E-state index in [4.69, 9.17) is 0 Å². The maximum atomic E-state index is 12.8. The Morgan fingerprint density at radius 2 is 1.79 bits per heavy atom. The minimum absolute atomic E-state index is 0.0110. The number of nitrogens with one attached hydrogen (secondary N) is 2. The molecule has 0 spiro atoms. The minimum Gasteiger partial charge on any atom is -0.325 e. The van der Waals surface area contributed by atoms with Crippen molar-refractivity contribution < 1.29 is 18.0 Å². The molecule has 0 saturated heterocycles. The Hall–Kier alpha value is -3.23. The zero-order valence-corrected chi connectivity index (χ0v) is 18.9. The highest BCUT2D eigenvalue weighted by Gasteiger charge is 2.36. The van der Waals surface area contributed by atoms with Gasteiger partial charge in [-0.05, 0) is 54.5 Å². The van der Waals surface area contributed by atoms with Gasteiger partial charge >= 0.3 is 0 Å². The van der Waals surface area contributed by atoms with Crippen LogP contribution < -0.4 is 14.9 Å². The quantitative estimate of drug-likeness (QED) is 0.561. The molecule has 3 aromatic rings. The van der Waals surface area contributed by atoms with Crippen molar-refractivity contribution in [3.63, 3.8) is 0 Å². The lowest BCUT2D eigenvalue weighted by molar-refractivity contribution is -0.119. The van der Waals surface area contributed by atoms with Crippen LogP contribution in [0.1, 0.15) is 24.8 Å². The van der Waals surface area contributed by atoms with Crippen LogP contribution in [-0.2, 0) is 26.0 Å². The van der Waals surface area contributed by atoms with Crippen molar-refractivity contribution in [1.82, 2.24) is 4.72 Å². The summed E-state index contributed by atoms with van der Waals surface area (Å²) in [6.45, 7) is 0.582. The van der Waals surface area contributed by atoms with Crippen molar-refractivity contribution in [2.45, 2.75) is 30.6 Å². The number of rotatable bonds is 7. The van der Waals surface area contributed by atoms with E-state index >= 15 is 0 Å². The average molecular weight is 464 g/mol. The molecule has 170 valence electrons. The molecule has 7 nitrogen and oxygen atoms in total. The highest BCUT2D eigenvalue weighted by molar-refractivity contribution is 7.89. The molecule has 3 aromatic carbocycles. The number of fused-ring (bicyclic) bond motifs is 2. The number of carbonyl (C=O) groups excluding carboxylic acids is 2. The van der Waals surface area contributed by atoms with Gasteiger partial charge in [-0.3, -0.25) is 9.59 Å². The summed E-state index contributed by atoms with van der Waals surface area (Å²) in [5.74, 6) is -0.00188. The van der Waals surface area contributed by atoms with E-state index in [9.17, 15) is 18.0 Å². The molecule has 0 unspecified atom stereocenters. The van der Waals surface area contributed by atoms with E-state index < -0.39 is 10.0 Å². The predicted octanol–water partition coefficient (Wildman–Crippen LogP) is 3.45. The molecule has 2 amide bonds. The Morgan fingerprint density at radius 3 is 2.61 bits per heavy atom. The maximum Gasteiger partial charge on any atom is 0.240 e. The largest absolute Gasteiger partial charge is 0.325 e. The average Bonchev–Trinajstić information content (AvgIpc) is 3.57. The van der Waals surface area contributed by atoms with Crippen LogP contribution in [0.4, 0.5) is 11.4 Å². The van der Waals surface area contributed by atoms with Crippen molar-refractivity contribution in [3.8, 4) is 0 Å². The minimum atomic E-state index is -3.76. The number of anilines is 2. The molecule has 0 atom stereocenters. The van der Waals surface area contributed by atoms with Gasteiger partial charge < -0.3 is 10.2 Å². The van der Waals surface area contributed by atoms with E-state index in [0.29, 0.717) is 18.7 Å². The summed E-state index contributed by atoms with van der Waals surface area (Å²) >= 11 is 0. The van der Waals surface area contributed by atoms with Crippen molar-refractivity contribution in [2.24, 2.45) is 5.92 Å². The van der Waals surface area contributed by atoms with Gasteiger partial charge in [-0.2, -0.15) is 0 Å². The summed E-state index contributed by atoms with van der Waals surface area (Å²) < 4.78 is 28.0. The lowest BCUT2D eigenvalue weighted by atomic mass is 10.1. The summed E-state index contributed by atoms with van der Waals surface area (Å²) in [6.07, 6.45) is 2.53. The van der Waals surface area contributed by atoms with Gasteiger partial charge in [-0.15, -0.1) is 0 Å². The van der Waals surface area contributed by atoms with Gasteiger partial charge in [0.1, 0.15) is 0 Å². The number of hydrogen-bond donors (Lipinski definition) is 2. The summed E-state index contributed by atoms with van der Waals surface area (Å²) in [5, 5.41) is 4.81. The molecule has 5 rings (SSSR count). The number of carbonyl (C=O) groups is 2. The van der Waals surface area contributed by atoms with Crippen molar-refractivity contribution in [2.75, 3.05) is 23.3 Å². The normalized spacial score (nSPS) is 15.5. The summed E-state index contributed by atoms with van der Waals surface area (Å²) in [5.41, 5.74) is 2.37. The third kappa shape index (κ3) is 4.49. The van der Waals surface area contributed by atoms with E-state index in [1.165, 1.54) is 6.07 Å². The summed E-state index contributed by atoms with van der Waals surface area (Å²) in [4.78, 5) is 26.7.